The zero-order valence-electron chi connectivity index (χ0n) is 11.9. The first kappa shape index (κ1) is 16.5. The van der Waals surface area contributed by atoms with Gasteiger partial charge in [-0.05, 0) is 37.4 Å². The number of hydrogen-bond donors (Lipinski definition) is 1. The van der Waals surface area contributed by atoms with Crippen LogP contribution in [0.3, 0.4) is 0 Å². The maximum atomic E-state index is 12.5. The fourth-order valence-electron chi connectivity index (χ4n) is 1.83. The van der Waals surface area contributed by atoms with Crippen LogP contribution in [-0.4, -0.2) is 45.4 Å². The van der Waals surface area contributed by atoms with E-state index < -0.39 is 10.0 Å². The maximum absolute atomic E-state index is 12.5. The molecule has 1 aromatic carbocycles. The fraction of sp³-hybridized carbons (Fsp3) is 0.538. The minimum Gasteiger partial charge on any atom is -0.316 e. The molecule has 0 unspecified atom stereocenters. The number of nitrogens with zero attached hydrogens (tertiary/aromatic N) is 1. The van der Waals surface area contributed by atoms with E-state index in [1.165, 1.54) is 4.31 Å². The van der Waals surface area contributed by atoms with Gasteiger partial charge in [-0.1, -0.05) is 12.1 Å². The van der Waals surface area contributed by atoms with Gasteiger partial charge in [-0.3, -0.25) is 0 Å². The molecule has 0 amide bonds. The quantitative estimate of drug-likeness (QED) is 0.833. The van der Waals surface area contributed by atoms with E-state index in [9.17, 15) is 8.42 Å². The summed E-state index contributed by atoms with van der Waals surface area (Å²) in [7, 11) is 0.0966. The highest BCUT2D eigenvalue weighted by Gasteiger charge is 2.23. The van der Waals surface area contributed by atoms with Gasteiger partial charge in [-0.2, -0.15) is 11.8 Å². The molecule has 0 spiro atoms. The summed E-state index contributed by atoms with van der Waals surface area (Å²) >= 11 is 1.64. The third-order valence-electron chi connectivity index (χ3n) is 3.06. The number of sulfonamides is 1. The van der Waals surface area contributed by atoms with Crippen molar-refractivity contribution in [1.29, 1.82) is 0 Å². The molecule has 0 bridgehead atoms. The Bertz CT molecular complexity index is 515. The van der Waals surface area contributed by atoms with Crippen molar-refractivity contribution in [3.63, 3.8) is 0 Å². The van der Waals surface area contributed by atoms with Crippen molar-refractivity contribution in [3.8, 4) is 0 Å². The number of thioether (sulfide) groups is 1. The SMILES string of the molecule is CNCc1cccc(S(=O)(=O)N(C)CCSC)c1C. The Hall–Kier alpha value is -0.560. The number of rotatable bonds is 7. The van der Waals surface area contributed by atoms with Crippen LogP contribution in [0, 0.1) is 6.92 Å². The maximum Gasteiger partial charge on any atom is 0.243 e. The summed E-state index contributed by atoms with van der Waals surface area (Å²) in [6, 6.07) is 5.43. The Kier molecular flexibility index (Phi) is 6.32. The normalized spacial score (nSPS) is 12.1. The first-order valence-electron chi connectivity index (χ1n) is 6.13. The van der Waals surface area contributed by atoms with Crippen molar-refractivity contribution in [1.82, 2.24) is 9.62 Å². The van der Waals surface area contributed by atoms with Crippen molar-refractivity contribution >= 4 is 21.8 Å². The summed E-state index contributed by atoms with van der Waals surface area (Å²) in [5.41, 5.74) is 1.84. The molecule has 0 saturated carbocycles. The average Bonchev–Trinajstić information content (AvgIpc) is 2.38. The molecule has 0 saturated heterocycles. The summed E-state index contributed by atoms with van der Waals surface area (Å²) in [4.78, 5) is 0.406. The lowest BCUT2D eigenvalue weighted by Crippen LogP contribution is -2.29. The molecule has 1 aromatic rings. The predicted molar refractivity (Wildman–Crippen MR) is 82.1 cm³/mol. The first-order chi connectivity index (χ1) is 8.95. The molecule has 0 aliphatic rings. The smallest absolute Gasteiger partial charge is 0.243 e. The third kappa shape index (κ3) is 3.95. The van der Waals surface area contributed by atoms with E-state index in [1.54, 1.807) is 30.9 Å². The van der Waals surface area contributed by atoms with Gasteiger partial charge in [-0.15, -0.1) is 0 Å². The molecule has 19 heavy (non-hydrogen) atoms. The van der Waals surface area contributed by atoms with E-state index in [0.29, 0.717) is 18.0 Å². The van der Waals surface area contributed by atoms with Crippen molar-refractivity contribution < 1.29 is 8.42 Å². The summed E-state index contributed by atoms with van der Waals surface area (Å²) in [5, 5.41) is 3.06. The highest BCUT2D eigenvalue weighted by molar-refractivity contribution is 7.98. The van der Waals surface area contributed by atoms with Gasteiger partial charge in [-0.25, -0.2) is 12.7 Å². The van der Waals surface area contributed by atoms with E-state index >= 15 is 0 Å². The molecule has 0 fully saturated rings. The van der Waals surface area contributed by atoms with E-state index in [4.69, 9.17) is 0 Å². The zero-order chi connectivity index (χ0) is 14.5. The molecule has 0 aliphatic carbocycles. The summed E-state index contributed by atoms with van der Waals surface area (Å²) in [6.45, 7) is 3.06. The second kappa shape index (κ2) is 7.28. The number of benzene rings is 1. The van der Waals surface area contributed by atoms with Gasteiger partial charge in [0.15, 0.2) is 0 Å². The predicted octanol–water partition coefficient (Wildman–Crippen LogP) is 1.70. The lowest BCUT2D eigenvalue weighted by Gasteiger charge is -2.19. The zero-order valence-corrected chi connectivity index (χ0v) is 13.6. The lowest BCUT2D eigenvalue weighted by atomic mass is 10.1. The molecule has 0 aliphatic heterocycles. The second-order valence-electron chi connectivity index (χ2n) is 4.39. The van der Waals surface area contributed by atoms with Crippen LogP contribution in [0.15, 0.2) is 23.1 Å². The van der Waals surface area contributed by atoms with Gasteiger partial charge >= 0.3 is 0 Å². The van der Waals surface area contributed by atoms with Crippen LogP contribution in [0.4, 0.5) is 0 Å². The molecule has 1 N–H and O–H groups in total. The minimum atomic E-state index is -3.39. The van der Waals surface area contributed by atoms with Crippen molar-refractivity contribution in [3.05, 3.63) is 29.3 Å². The van der Waals surface area contributed by atoms with Gasteiger partial charge in [0.25, 0.3) is 0 Å². The highest BCUT2D eigenvalue weighted by atomic mass is 32.2. The lowest BCUT2D eigenvalue weighted by molar-refractivity contribution is 0.488. The van der Waals surface area contributed by atoms with E-state index in [1.807, 2.05) is 26.3 Å². The van der Waals surface area contributed by atoms with Crippen LogP contribution in [0.2, 0.25) is 0 Å². The molecule has 0 aromatic heterocycles. The molecular formula is C13H22N2O2S2. The van der Waals surface area contributed by atoms with Gasteiger partial charge in [0.1, 0.15) is 0 Å². The molecule has 4 nitrogen and oxygen atoms in total. The van der Waals surface area contributed by atoms with E-state index in [-0.39, 0.29) is 0 Å². The molecule has 0 radical (unpaired) electrons. The molecular weight excluding hydrogens is 280 g/mol. The standard InChI is InChI=1S/C13H22N2O2S2/c1-11-12(10-14-2)6-5-7-13(11)19(16,17)15(3)8-9-18-4/h5-7,14H,8-10H2,1-4H3. The molecule has 1 rings (SSSR count). The highest BCUT2D eigenvalue weighted by Crippen LogP contribution is 2.22. The monoisotopic (exact) mass is 302 g/mol. The van der Waals surface area contributed by atoms with Crippen LogP contribution < -0.4 is 5.32 Å². The Morgan fingerprint density at radius 1 is 1.37 bits per heavy atom. The Morgan fingerprint density at radius 3 is 2.63 bits per heavy atom. The average molecular weight is 302 g/mol. The molecule has 6 heteroatoms. The van der Waals surface area contributed by atoms with Crippen LogP contribution in [0.25, 0.3) is 0 Å². The van der Waals surface area contributed by atoms with Crippen LogP contribution in [0.1, 0.15) is 11.1 Å². The second-order valence-corrected chi connectivity index (χ2v) is 7.39. The summed E-state index contributed by atoms with van der Waals surface area (Å²) in [6.07, 6.45) is 1.97. The van der Waals surface area contributed by atoms with Crippen molar-refractivity contribution in [2.24, 2.45) is 0 Å². The van der Waals surface area contributed by atoms with Gasteiger partial charge in [0.05, 0.1) is 4.90 Å². The topological polar surface area (TPSA) is 49.4 Å². The fourth-order valence-corrected chi connectivity index (χ4v) is 3.84. The van der Waals surface area contributed by atoms with Crippen LogP contribution >= 0.6 is 11.8 Å². The van der Waals surface area contributed by atoms with Gasteiger partial charge in [0.2, 0.25) is 10.0 Å². The Morgan fingerprint density at radius 2 is 2.05 bits per heavy atom. The van der Waals surface area contributed by atoms with Crippen molar-refractivity contribution in [2.75, 3.05) is 32.6 Å². The first-order valence-corrected chi connectivity index (χ1v) is 8.97. The Balaban J connectivity index is 3.11. The van der Waals surface area contributed by atoms with E-state index in [2.05, 4.69) is 5.32 Å². The number of nitrogens with one attached hydrogen (secondary N) is 1. The molecule has 0 atom stereocenters. The number of hydrogen-bond acceptors (Lipinski definition) is 4. The van der Waals surface area contributed by atoms with Gasteiger partial charge < -0.3 is 5.32 Å². The molecule has 108 valence electrons. The van der Waals surface area contributed by atoms with Crippen LogP contribution in [0.5, 0.6) is 0 Å². The summed E-state index contributed by atoms with van der Waals surface area (Å²) in [5.74, 6) is 0.797. The van der Waals surface area contributed by atoms with Crippen LogP contribution in [-0.2, 0) is 16.6 Å². The third-order valence-corrected chi connectivity index (χ3v) is 5.65. The summed E-state index contributed by atoms with van der Waals surface area (Å²) < 4.78 is 26.4. The minimum absolute atomic E-state index is 0.406. The van der Waals surface area contributed by atoms with Crippen molar-refractivity contribution in [2.45, 2.75) is 18.4 Å². The van der Waals surface area contributed by atoms with E-state index in [0.717, 1.165) is 16.9 Å². The molecule has 0 heterocycles. The Labute approximate surface area is 120 Å². The largest absolute Gasteiger partial charge is 0.316 e. The van der Waals surface area contributed by atoms with Gasteiger partial charge in [0, 0.05) is 25.9 Å².